The number of halogens is 1. The van der Waals surface area contributed by atoms with Crippen LogP contribution in [0.1, 0.15) is 46.1 Å². The average Bonchev–Trinajstić information content (AvgIpc) is 2.63. The highest BCUT2D eigenvalue weighted by molar-refractivity contribution is 6.31. The summed E-state index contributed by atoms with van der Waals surface area (Å²) in [7, 11) is 1.74. The molecule has 2 atom stereocenters. The van der Waals surface area contributed by atoms with Gasteiger partial charge in [-0.3, -0.25) is 4.79 Å². The first-order valence-corrected chi connectivity index (χ1v) is 10.5. The average molecular weight is 425 g/mol. The minimum atomic E-state index is -0.585. The van der Waals surface area contributed by atoms with Crippen LogP contribution in [0.25, 0.3) is 0 Å². The molecule has 1 aliphatic heterocycles. The number of carbonyl (C=O) groups is 2. The van der Waals surface area contributed by atoms with E-state index in [1.807, 2.05) is 38.7 Å². The normalized spacial score (nSPS) is 18.2. The SMILES string of the molecule is Cc1cc(OC(C)C(=O)N2CCCC(CN(C)C(=O)OC(C)(C)C)C2)ccc1Cl. The number of hydrogen-bond donors (Lipinski definition) is 0. The monoisotopic (exact) mass is 424 g/mol. The highest BCUT2D eigenvalue weighted by Crippen LogP contribution is 2.23. The second-order valence-corrected chi connectivity index (χ2v) is 9.23. The Kier molecular flexibility index (Phi) is 7.80. The Morgan fingerprint density at radius 2 is 2.03 bits per heavy atom. The van der Waals surface area contributed by atoms with Crippen LogP contribution >= 0.6 is 11.6 Å². The Morgan fingerprint density at radius 3 is 2.66 bits per heavy atom. The van der Waals surface area contributed by atoms with Crippen molar-refractivity contribution < 1.29 is 19.1 Å². The lowest BCUT2D eigenvalue weighted by Crippen LogP contribution is -2.48. The number of aryl methyl sites for hydroxylation is 1. The first-order valence-electron chi connectivity index (χ1n) is 10.1. The lowest BCUT2D eigenvalue weighted by atomic mass is 9.97. The molecule has 2 amide bonds. The molecule has 0 aromatic heterocycles. The maximum absolute atomic E-state index is 12.9. The quantitative estimate of drug-likeness (QED) is 0.697. The summed E-state index contributed by atoms with van der Waals surface area (Å²) in [6.45, 7) is 11.1. The summed E-state index contributed by atoms with van der Waals surface area (Å²) in [5.74, 6) is 0.809. The van der Waals surface area contributed by atoms with Gasteiger partial charge in [-0.15, -0.1) is 0 Å². The van der Waals surface area contributed by atoms with Crippen LogP contribution < -0.4 is 4.74 Å². The Hall–Kier alpha value is -1.95. The molecule has 1 aromatic rings. The topological polar surface area (TPSA) is 59.1 Å². The van der Waals surface area contributed by atoms with E-state index in [0.29, 0.717) is 30.4 Å². The molecule has 1 heterocycles. The number of amides is 2. The van der Waals surface area contributed by atoms with E-state index >= 15 is 0 Å². The number of nitrogens with zero attached hydrogens (tertiary/aromatic N) is 2. The summed E-state index contributed by atoms with van der Waals surface area (Å²) >= 11 is 6.05. The van der Waals surface area contributed by atoms with Crippen LogP contribution in [0.2, 0.25) is 5.02 Å². The molecule has 0 aliphatic carbocycles. The fourth-order valence-electron chi connectivity index (χ4n) is 3.42. The molecule has 0 saturated carbocycles. The number of ether oxygens (including phenoxy) is 2. The Morgan fingerprint density at radius 1 is 1.34 bits per heavy atom. The predicted molar refractivity (Wildman–Crippen MR) is 114 cm³/mol. The van der Waals surface area contributed by atoms with Crippen molar-refractivity contribution in [2.45, 2.75) is 59.2 Å². The van der Waals surface area contributed by atoms with E-state index in [9.17, 15) is 9.59 Å². The summed E-state index contributed by atoms with van der Waals surface area (Å²) in [6, 6.07) is 5.38. The van der Waals surface area contributed by atoms with Crippen LogP contribution in [-0.2, 0) is 9.53 Å². The van der Waals surface area contributed by atoms with Crippen LogP contribution in [0.3, 0.4) is 0 Å². The Balaban J connectivity index is 1.90. The van der Waals surface area contributed by atoms with Gasteiger partial charge in [0, 0.05) is 31.7 Å². The molecule has 0 spiro atoms. The van der Waals surface area contributed by atoms with E-state index in [1.54, 1.807) is 31.0 Å². The van der Waals surface area contributed by atoms with Gasteiger partial charge >= 0.3 is 6.09 Å². The molecule has 6 nitrogen and oxygen atoms in total. The van der Waals surface area contributed by atoms with E-state index in [2.05, 4.69) is 0 Å². The molecule has 2 unspecified atom stereocenters. The molecular weight excluding hydrogens is 392 g/mol. The van der Waals surface area contributed by atoms with Crippen molar-refractivity contribution >= 4 is 23.6 Å². The van der Waals surface area contributed by atoms with Gasteiger partial charge in [0.25, 0.3) is 5.91 Å². The first kappa shape index (κ1) is 23.3. The van der Waals surface area contributed by atoms with Crippen molar-refractivity contribution in [1.29, 1.82) is 0 Å². The van der Waals surface area contributed by atoms with Gasteiger partial charge in [0.2, 0.25) is 0 Å². The van der Waals surface area contributed by atoms with Gasteiger partial charge in [-0.1, -0.05) is 11.6 Å². The summed E-state index contributed by atoms with van der Waals surface area (Å²) in [6.07, 6.45) is 0.960. The van der Waals surface area contributed by atoms with Crippen LogP contribution in [0.4, 0.5) is 4.79 Å². The minimum Gasteiger partial charge on any atom is -0.481 e. The van der Waals surface area contributed by atoms with Crippen LogP contribution in [0, 0.1) is 12.8 Å². The maximum Gasteiger partial charge on any atom is 0.410 e. The molecule has 1 saturated heterocycles. The molecule has 2 rings (SSSR count). The van der Waals surface area contributed by atoms with Gasteiger partial charge in [-0.2, -0.15) is 0 Å². The zero-order valence-corrected chi connectivity index (χ0v) is 19.1. The standard InChI is InChI=1S/C22H33ClN2O4/c1-15-12-18(9-10-19(15)23)28-16(2)20(26)25-11-7-8-17(14-25)13-24(6)21(27)29-22(3,4)5/h9-10,12,16-17H,7-8,11,13-14H2,1-6H3. The highest BCUT2D eigenvalue weighted by atomic mass is 35.5. The summed E-state index contributed by atoms with van der Waals surface area (Å²) in [4.78, 5) is 28.5. The number of likely N-dealkylation sites (tertiary alicyclic amines) is 1. The third-order valence-corrected chi connectivity index (χ3v) is 5.28. The Labute approximate surface area is 179 Å². The third kappa shape index (κ3) is 7.11. The molecule has 0 bridgehead atoms. The van der Waals surface area contributed by atoms with Gasteiger partial charge in [-0.25, -0.2) is 4.79 Å². The zero-order valence-electron chi connectivity index (χ0n) is 18.3. The lowest BCUT2D eigenvalue weighted by molar-refractivity contribution is -0.139. The molecule has 29 heavy (non-hydrogen) atoms. The summed E-state index contributed by atoms with van der Waals surface area (Å²) in [5.41, 5.74) is 0.388. The van der Waals surface area contributed by atoms with Crippen LogP contribution in [-0.4, -0.2) is 60.2 Å². The van der Waals surface area contributed by atoms with E-state index in [-0.39, 0.29) is 17.9 Å². The molecule has 162 valence electrons. The molecular formula is C22H33ClN2O4. The van der Waals surface area contributed by atoms with Crippen molar-refractivity contribution in [2.75, 3.05) is 26.7 Å². The minimum absolute atomic E-state index is 0.0396. The van der Waals surface area contributed by atoms with Gasteiger partial charge in [0.1, 0.15) is 11.4 Å². The molecule has 0 N–H and O–H groups in total. The van der Waals surface area contributed by atoms with E-state index in [4.69, 9.17) is 21.1 Å². The highest BCUT2D eigenvalue weighted by Gasteiger charge is 2.30. The third-order valence-electron chi connectivity index (χ3n) is 4.86. The molecule has 1 aliphatic rings. The largest absolute Gasteiger partial charge is 0.481 e. The van der Waals surface area contributed by atoms with E-state index in [1.165, 1.54) is 0 Å². The van der Waals surface area contributed by atoms with Gasteiger partial charge < -0.3 is 19.3 Å². The number of carbonyl (C=O) groups excluding carboxylic acids is 2. The van der Waals surface area contributed by atoms with Gasteiger partial charge in [-0.05, 0) is 77.1 Å². The van der Waals surface area contributed by atoms with Gasteiger partial charge in [0.05, 0.1) is 0 Å². The van der Waals surface area contributed by atoms with E-state index in [0.717, 1.165) is 18.4 Å². The molecule has 0 radical (unpaired) electrons. The zero-order chi connectivity index (χ0) is 21.8. The number of rotatable bonds is 5. The van der Waals surface area contributed by atoms with Crippen molar-refractivity contribution in [1.82, 2.24) is 9.80 Å². The summed E-state index contributed by atoms with van der Waals surface area (Å²) in [5, 5.41) is 0.671. The first-order chi connectivity index (χ1) is 13.5. The second-order valence-electron chi connectivity index (χ2n) is 8.82. The fraction of sp³-hybridized carbons (Fsp3) is 0.636. The molecule has 1 fully saturated rings. The number of hydrogen-bond acceptors (Lipinski definition) is 4. The fourth-order valence-corrected chi connectivity index (χ4v) is 3.54. The smallest absolute Gasteiger partial charge is 0.410 e. The number of benzene rings is 1. The molecule has 1 aromatic carbocycles. The van der Waals surface area contributed by atoms with Crippen molar-refractivity contribution in [3.8, 4) is 5.75 Å². The van der Waals surface area contributed by atoms with Crippen molar-refractivity contribution in [2.24, 2.45) is 5.92 Å². The van der Waals surface area contributed by atoms with Crippen molar-refractivity contribution in [3.05, 3.63) is 28.8 Å². The summed E-state index contributed by atoms with van der Waals surface area (Å²) < 4.78 is 11.3. The lowest BCUT2D eigenvalue weighted by Gasteiger charge is -2.36. The predicted octanol–water partition coefficient (Wildman–Crippen LogP) is 4.52. The number of piperidine rings is 1. The van der Waals surface area contributed by atoms with Crippen molar-refractivity contribution in [3.63, 3.8) is 0 Å². The molecule has 7 heteroatoms. The maximum atomic E-state index is 12.9. The van der Waals surface area contributed by atoms with Gasteiger partial charge in [0.15, 0.2) is 6.10 Å². The van der Waals surface area contributed by atoms with Crippen LogP contribution in [0.15, 0.2) is 18.2 Å². The van der Waals surface area contributed by atoms with Crippen LogP contribution in [0.5, 0.6) is 5.75 Å². The second kappa shape index (κ2) is 9.70. The Bertz CT molecular complexity index is 732. The van der Waals surface area contributed by atoms with E-state index < -0.39 is 11.7 Å².